The molecule has 1 aliphatic heterocycles. The van der Waals surface area contributed by atoms with E-state index in [9.17, 15) is 27.6 Å². The van der Waals surface area contributed by atoms with E-state index in [1.165, 1.54) is 4.90 Å². The molecule has 0 bridgehead atoms. The molecule has 4 amide bonds. The summed E-state index contributed by atoms with van der Waals surface area (Å²) < 4.78 is 47.3. The molecule has 3 aliphatic carbocycles. The molecule has 4 aliphatic rings. The lowest BCUT2D eigenvalue weighted by Crippen LogP contribution is -2.61. The monoisotopic (exact) mass is 893 g/mol. The molecule has 4 fully saturated rings. The number of nitrogens with zero attached hydrogens (tertiary/aromatic N) is 2. The summed E-state index contributed by atoms with van der Waals surface area (Å²) in [5.74, 6) is -0.818. The molecule has 340 valence electrons. The maximum atomic E-state index is 14.9. The van der Waals surface area contributed by atoms with Crippen molar-refractivity contribution in [2.45, 2.75) is 127 Å². The van der Waals surface area contributed by atoms with E-state index < -0.39 is 78.7 Å². The highest BCUT2D eigenvalue weighted by Gasteiger charge is 2.75. The molecule has 64 heavy (non-hydrogen) atoms. The van der Waals surface area contributed by atoms with E-state index in [2.05, 4.69) is 15.4 Å². The number of hydrogen-bond acceptors (Lipinski definition) is 10. The molecule has 1 saturated heterocycles. The molecule has 15 heteroatoms. The summed E-state index contributed by atoms with van der Waals surface area (Å²) in [4.78, 5) is 63.9. The zero-order valence-corrected chi connectivity index (χ0v) is 38.5. The zero-order valence-electron chi connectivity index (χ0n) is 37.7. The topological polar surface area (TPSA) is 182 Å². The fourth-order valence-electron chi connectivity index (χ4n) is 9.44. The number of carbonyl (C=O) groups is 4. The number of fused-ring (bicyclic) bond motifs is 1. The average molecular weight is 894 g/mol. The number of hydrogen-bond donors (Lipinski definition) is 3. The minimum absolute atomic E-state index is 0.0324. The molecule has 0 radical (unpaired) electrons. The highest BCUT2D eigenvalue weighted by molar-refractivity contribution is 7.91. The van der Waals surface area contributed by atoms with Crippen LogP contribution in [0.2, 0.25) is 0 Å². The van der Waals surface area contributed by atoms with Crippen LogP contribution in [-0.2, 0) is 35.6 Å². The minimum atomic E-state index is -4.14. The molecule has 3 saturated carbocycles. The van der Waals surface area contributed by atoms with Gasteiger partial charge in [0.05, 0.1) is 29.6 Å². The smallest absolute Gasteiger partial charge is 0.408 e. The summed E-state index contributed by atoms with van der Waals surface area (Å²) in [6.07, 6.45) is 2.00. The molecule has 1 spiro atoms. The predicted octanol–water partition coefficient (Wildman–Crippen LogP) is 6.85. The molecule has 4 aromatic rings. The summed E-state index contributed by atoms with van der Waals surface area (Å²) in [7, 11) is -2.57. The van der Waals surface area contributed by atoms with Crippen LogP contribution in [0.15, 0.2) is 84.9 Å². The number of benzene rings is 3. The van der Waals surface area contributed by atoms with E-state index in [1.807, 2.05) is 99.6 Å². The van der Waals surface area contributed by atoms with E-state index in [4.69, 9.17) is 19.2 Å². The number of pyridine rings is 1. The SMILES string of the molecule is COc1ccc2c(OC3CC(C(=O)NC4(C(=O)NS(=O)(=O)C5(Cc6ccccc6)CC5)CC45CCC5)N(C(=O)C(NC(=O)OC(C)(C)C)C(C)(C)C)C3)cc(-c3ccccc3)nc2c1. The summed E-state index contributed by atoms with van der Waals surface area (Å²) in [6.45, 7) is 10.6. The number of amides is 4. The Balaban J connectivity index is 1.11. The largest absolute Gasteiger partial charge is 0.497 e. The summed E-state index contributed by atoms with van der Waals surface area (Å²) >= 11 is 0. The second-order valence-electron chi connectivity index (χ2n) is 20.2. The number of methoxy groups -OCH3 is 1. The second kappa shape index (κ2) is 16.4. The number of likely N-dealkylation sites (tertiary alicyclic amines) is 1. The van der Waals surface area contributed by atoms with Gasteiger partial charge in [-0.05, 0) is 82.4 Å². The Kier molecular flexibility index (Phi) is 11.5. The van der Waals surface area contributed by atoms with E-state index in [-0.39, 0.29) is 25.8 Å². The number of sulfonamides is 1. The second-order valence-corrected chi connectivity index (χ2v) is 22.2. The third kappa shape index (κ3) is 8.75. The van der Waals surface area contributed by atoms with Crippen LogP contribution in [0, 0.1) is 10.8 Å². The van der Waals surface area contributed by atoms with Gasteiger partial charge in [-0.2, -0.15) is 0 Å². The molecule has 14 nitrogen and oxygen atoms in total. The van der Waals surface area contributed by atoms with Crippen molar-refractivity contribution in [2.75, 3.05) is 13.7 Å². The van der Waals surface area contributed by atoms with Crippen molar-refractivity contribution in [3.63, 3.8) is 0 Å². The zero-order chi connectivity index (χ0) is 45.9. The van der Waals surface area contributed by atoms with Crippen molar-refractivity contribution < 1.29 is 41.8 Å². The quantitative estimate of drug-likeness (QED) is 0.128. The van der Waals surface area contributed by atoms with E-state index >= 15 is 0 Å². The summed E-state index contributed by atoms with van der Waals surface area (Å²) in [5.41, 5.74) is -0.796. The van der Waals surface area contributed by atoms with Gasteiger partial charge in [-0.1, -0.05) is 87.9 Å². The normalized spacial score (nSPS) is 22.5. The van der Waals surface area contributed by atoms with Gasteiger partial charge >= 0.3 is 6.09 Å². The number of ether oxygens (including phenoxy) is 3. The highest BCUT2D eigenvalue weighted by Crippen LogP contribution is 2.68. The first-order valence-corrected chi connectivity index (χ1v) is 23.6. The molecule has 1 aromatic heterocycles. The number of rotatable bonds is 13. The first-order valence-electron chi connectivity index (χ1n) is 22.1. The highest BCUT2D eigenvalue weighted by atomic mass is 32.2. The van der Waals surface area contributed by atoms with Gasteiger partial charge in [0.1, 0.15) is 40.8 Å². The molecule has 2 heterocycles. The molecule has 4 atom stereocenters. The van der Waals surface area contributed by atoms with Crippen molar-refractivity contribution in [2.24, 2.45) is 10.8 Å². The van der Waals surface area contributed by atoms with Gasteiger partial charge in [-0.25, -0.2) is 18.2 Å². The molecular formula is C49H59N5O9S. The lowest BCUT2D eigenvalue weighted by molar-refractivity contribution is -0.143. The van der Waals surface area contributed by atoms with Crippen LogP contribution in [0.3, 0.4) is 0 Å². The molecule has 4 unspecified atom stereocenters. The number of nitrogens with one attached hydrogen (secondary N) is 3. The van der Waals surface area contributed by atoms with Crippen molar-refractivity contribution >= 4 is 44.7 Å². The van der Waals surface area contributed by atoms with Crippen LogP contribution in [0.4, 0.5) is 4.79 Å². The van der Waals surface area contributed by atoms with Gasteiger partial charge in [0, 0.05) is 34.9 Å². The Morgan fingerprint density at radius 2 is 1.56 bits per heavy atom. The lowest BCUT2D eigenvalue weighted by atomic mass is 9.77. The Morgan fingerprint density at radius 1 is 0.891 bits per heavy atom. The van der Waals surface area contributed by atoms with E-state index in [1.54, 1.807) is 33.9 Å². The van der Waals surface area contributed by atoms with Gasteiger partial charge in [-0.3, -0.25) is 19.1 Å². The summed E-state index contributed by atoms with van der Waals surface area (Å²) in [6, 6.07) is 24.0. The maximum Gasteiger partial charge on any atom is 0.408 e. The third-order valence-electron chi connectivity index (χ3n) is 13.4. The third-order valence-corrected chi connectivity index (χ3v) is 15.5. The van der Waals surface area contributed by atoms with Crippen molar-refractivity contribution in [3.8, 4) is 22.8 Å². The van der Waals surface area contributed by atoms with Gasteiger partial charge in [0.15, 0.2) is 0 Å². The van der Waals surface area contributed by atoms with Gasteiger partial charge < -0.3 is 29.7 Å². The first-order chi connectivity index (χ1) is 30.2. The summed E-state index contributed by atoms with van der Waals surface area (Å²) in [5, 5.41) is 6.50. The van der Waals surface area contributed by atoms with Gasteiger partial charge in [0.25, 0.3) is 5.91 Å². The standard InChI is InChI=1S/C49H59N5O9S/c1-45(2,3)40(51-44(58)63-46(4,5)6)42(56)54-29-34(62-39-27-36(32-17-12-9-13-18-32)50-37-25-33(61-7)19-20-35(37)39)26-38(54)41(55)52-49(30-47(49)21-14-22-47)43(57)53-64(59,60)48(23-24-48)28-31-15-10-8-11-16-31/h8-13,15-20,25,27,34,38,40H,14,21-24,26,28-30H2,1-7H3,(H,51,58)(H,52,55)(H,53,57). The van der Waals surface area contributed by atoms with Crippen molar-refractivity contribution in [1.82, 2.24) is 25.2 Å². The number of aromatic nitrogens is 1. The fourth-order valence-corrected chi connectivity index (χ4v) is 11.1. The number of alkyl carbamates (subject to hydrolysis) is 1. The lowest BCUT2D eigenvalue weighted by Gasteiger charge is -2.37. The van der Waals surface area contributed by atoms with Crippen LogP contribution in [-0.4, -0.2) is 89.8 Å². The molecule has 8 rings (SSSR count). The van der Waals surface area contributed by atoms with Crippen LogP contribution in [0.1, 0.15) is 92.1 Å². The minimum Gasteiger partial charge on any atom is -0.497 e. The van der Waals surface area contributed by atoms with Crippen molar-refractivity contribution in [3.05, 3.63) is 90.5 Å². The molecule has 3 aromatic carbocycles. The Hall–Kier alpha value is -5.70. The predicted molar refractivity (Wildman–Crippen MR) is 242 cm³/mol. The van der Waals surface area contributed by atoms with Crippen LogP contribution < -0.4 is 24.8 Å². The number of carbonyl (C=O) groups excluding carboxylic acids is 4. The first kappa shape index (κ1) is 44.9. The van der Waals surface area contributed by atoms with Crippen LogP contribution in [0.25, 0.3) is 22.2 Å². The molecule has 3 N–H and O–H groups in total. The Bertz CT molecular complexity index is 2570. The van der Waals surface area contributed by atoms with Crippen molar-refractivity contribution in [1.29, 1.82) is 0 Å². The Labute approximate surface area is 375 Å². The molecular weight excluding hydrogens is 835 g/mol. The van der Waals surface area contributed by atoms with Gasteiger partial charge in [0.2, 0.25) is 21.8 Å². The average Bonchev–Trinajstić information content (AvgIpc) is 4.12. The fraction of sp³-hybridized carbons (Fsp3) is 0.490. The van der Waals surface area contributed by atoms with E-state index in [0.717, 1.165) is 17.5 Å². The van der Waals surface area contributed by atoms with Gasteiger partial charge in [-0.15, -0.1) is 0 Å². The maximum absolute atomic E-state index is 14.9. The van der Waals surface area contributed by atoms with Crippen LogP contribution in [0.5, 0.6) is 11.5 Å². The van der Waals surface area contributed by atoms with Crippen LogP contribution >= 0.6 is 0 Å². The Morgan fingerprint density at radius 3 is 2.14 bits per heavy atom. The van der Waals surface area contributed by atoms with E-state index in [0.29, 0.717) is 53.8 Å².